The van der Waals surface area contributed by atoms with Crippen LogP contribution in [0.15, 0.2) is 24.3 Å². The Morgan fingerprint density at radius 3 is 2.71 bits per heavy atom. The van der Waals surface area contributed by atoms with E-state index < -0.39 is 5.97 Å². The zero-order valence-corrected chi connectivity index (χ0v) is 12.1. The molecule has 0 unspecified atom stereocenters. The van der Waals surface area contributed by atoms with Crippen LogP contribution in [0.4, 0.5) is 5.82 Å². The number of aromatic nitrogens is 2. The first kappa shape index (κ1) is 13.8. The number of carboxylic acid groups (broad SMARTS) is 1. The molecular weight excluding hydrogens is 266 g/mol. The van der Waals surface area contributed by atoms with E-state index in [1.165, 1.54) is 25.7 Å². The van der Waals surface area contributed by atoms with Crippen molar-refractivity contribution in [1.82, 2.24) is 9.97 Å². The Bertz CT molecular complexity index is 678. The van der Waals surface area contributed by atoms with Gasteiger partial charge in [-0.3, -0.25) is 0 Å². The summed E-state index contributed by atoms with van der Waals surface area (Å²) in [5.74, 6) is -0.644. The number of rotatable bonds is 4. The lowest BCUT2D eigenvalue weighted by atomic mass is 9.89. The minimum absolute atomic E-state index is 0.159. The van der Waals surface area contributed by atoms with E-state index in [1.54, 1.807) is 0 Å². The molecule has 0 spiro atoms. The van der Waals surface area contributed by atoms with Crippen molar-refractivity contribution in [3.8, 4) is 0 Å². The Morgan fingerprint density at radius 1 is 1.29 bits per heavy atom. The third kappa shape index (κ3) is 2.82. The number of nitrogens with one attached hydrogen (secondary N) is 1. The van der Waals surface area contributed by atoms with Crippen LogP contribution >= 0.6 is 0 Å². The van der Waals surface area contributed by atoms with Crippen molar-refractivity contribution in [3.63, 3.8) is 0 Å². The summed E-state index contributed by atoms with van der Waals surface area (Å²) in [6, 6.07) is 7.49. The Balaban J connectivity index is 1.94. The maximum Gasteiger partial charge on any atom is 0.374 e. The third-order valence-corrected chi connectivity index (χ3v) is 4.29. The quantitative estimate of drug-likeness (QED) is 0.901. The Hall–Kier alpha value is -2.17. The Morgan fingerprint density at radius 2 is 2.00 bits per heavy atom. The summed E-state index contributed by atoms with van der Waals surface area (Å²) in [6.45, 7) is 3.08. The van der Waals surface area contributed by atoms with E-state index >= 15 is 0 Å². The fourth-order valence-corrected chi connectivity index (χ4v) is 3.01. The van der Waals surface area contributed by atoms with Crippen LogP contribution in [0.2, 0.25) is 0 Å². The van der Waals surface area contributed by atoms with Crippen LogP contribution < -0.4 is 5.32 Å². The number of fused-ring (bicyclic) bond motifs is 1. The van der Waals surface area contributed by atoms with Gasteiger partial charge in [-0.05, 0) is 30.4 Å². The van der Waals surface area contributed by atoms with Gasteiger partial charge in [-0.15, -0.1) is 0 Å². The molecule has 0 saturated heterocycles. The molecular formula is C16H19N3O2. The SMILES string of the molecule is CC1(CNc2nc(C(=O)O)nc3ccccc23)CCCC1. The number of aromatic carboxylic acids is 1. The zero-order chi connectivity index (χ0) is 14.9. The molecule has 0 amide bonds. The lowest BCUT2D eigenvalue weighted by molar-refractivity contribution is 0.0684. The van der Waals surface area contributed by atoms with Gasteiger partial charge >= 0.3 is 5.97 Å². The molecule has 1 aromatic carbocycles. The molecule has 1 aliphatic carbocycles. The number of carbonyl (C=O) groups is 1. The van der Waals surface area contributed by atoms with Gasteiger partial charge in [-0.25, -0.2) is 14.8 Å². The molecule has 2 N–H and O–H groups in total. The summed E-state index contributed by atoms with van der Waals surface area (Å²) in [4.78, 5) is 19.4. The van der Waals surface area contributed by atoms with Crippen LogP contribution in [0.3, 0.4) is 0 Å². The summed E-state index contributed by atoms with van der Waals surface area (Å²) < 4.78 is 0. The number of nitrogens with zero attached hydrogens (tertiary/aromatic N) is 2. The van der Waals surface area contributed by atoms with Crippen LogP contribution in [0, 0.1) is 5.41 Å². The molecule has 3 rings (SSSR count). The topological polar surface area (TPSA) is 75.1 Å². The minimum atomic E-state index is -1.10. The predicted octanol–water partition coefficient (Wildman–Crippen LogP) is 3.32. The van der Waals surface area contributed by atoms with Gasteiger partial charge in [0.25, 0.3) is 0 Å². The number of carboxylic acids is 1. The first-order valence-corrected chi connectivity index (χ1v) is 7.31. The summed E-state index contributed by atoms with van der Waals surface area (Å²) in [6.07, 6.45) is 4.94. The molecule has 1 saturated carbocycles. The van der Waals surface area contributed by atoms with Gasteiger partial charge in [-0.2, -0.15) is 0 Å². The van der Waals surface area contributed by atoms with Gasteiger partial charge in [0.15, 0.2) is 0 Å². The van der Waals surface area contributed by atoms with Gasteiger partial charge < -0.3 is 10.4 Å². The maximum atomic E-state index is 11.2. The van der Waals surface area contributed by atoms with Gasteiger partial charge in [0.2, 0.25) is 5.82 Å². The standard InChI is InChI=1S/C16H19N3O2/c1-16(8-4-5-9-16)10-17-13-11-6-2-3-7-12(11)18-14(19-13)15(20)21/h2-3,6-7H,4-5,8-10H2,1H3,(H,20,21)(H,17,18,19). The van der Waals surface area contributed by atoms with Crippen molar-refractivity contribution in [3.05, 3.63) is 30.1 Å². The molecule has 110 valence electrons. The van der Waals surface area contributed by atoms with Crippen LogP contribution in [-0.4, -0.2) is 27.6 Å². The van der Waals surface area contributed by atoms with Crippen molar-refractivity contribution >= 4 is 22.7 Å². The average molecular weight is 285 g/mol. The Labute approximate surface area is 123 Å². The normalized spacial score (nSPS) is 17.0. The highest BCUT2D eigenvalue weighted by Crippen LogP contribution is 2.37. The van der Waals surface area contributed by atoms with Crippen LogP contribution in [-0.2, 0) is 0 Å². The summed E-state index contributed by atoms with van der Waals surface area (Å²) >= 11 is 0. The lowest BCUT2D eigenvalue weighted by Crippen LogP contribution is -2.24. The number of hydrogen-bond donors (Lipinski definition) is 2. The van der Waals surface area contributed by atoms with Crippen molar-refractivity contribution in [2.24, 2.45) is 5.41 Å². The van der Waals surface area contributed by atoms with Crippen molar-refractivity contribution in [2.75, 3.05) is 11.9 Å². The Kier molecular flexibility index (Phi) is 3.49. The fourth-order valence-electron chi connectivity index (χ4n) is 3.01. The molecule has 2 aromatic rings. The monoisotopic (exact) mass is 285 g/mol. The molecule has 1 aliphatic rings. The number of para-hydroxylation sites is 1. The molecule has 1 heterocycles. The van der Waals surface area contributed by atoms with Gasteiger partial charge in [0, 0.05) is 11.9 Å². The lowest BCUT2D eigenvalue weighted by Gasteiger charge is -2.24. The van der Waals surface area contributed by atoms with Crippen molar-refractivity contribution < 1.29 is 9.90 Å². The highest BCUT2D eigenvalue weighted by atomic mass is 16.4. The first-order valence-electron chi connectivity index (χ1n) is 7.31. The molecule has 1 fully saturated rings. The number of hydrogen-bond acceptors (Lipinski definition) is 4. The van der Waals surface area contributed by atoms with Gasteiger partial charge in [-0.1, -0.05) is 31.9 Å². The second kappa shape index (κ2) is 5.31. The minimum Gasteiger partial charge on any atom is -0.475 e. The van der Waals surface area contributed by atoms with E-state index in [-0.39, 0.29) is 11.2 Å². The van der Waals surface area contributed by atoms with Crippen molar-refractivity contribution in [2.45, 2.75) is 32.6 Å². The number of benzene rings is 1. The molecule has 1 aromatic heterocycles. The van der Waals surface area contributed by atoms with Gasteiger partial charge in [0.1, 0.15) is 5.82 Å². The molecule has 0 bridgehead atoms. The molecule has 0 atom stereocenters. The van der Waals surface area contributed by atoms with Crippen LogP contribution in [0.1, 0.15) is 43.2 Å². The molecule has 5 nitrogen and oxygen atoms in total. The van der Waals surface area contributed by atoms with Crippen LogP contribution in [0.25, 0.3) is 10.9 Å². The largest absolute Gasteiger partial charge is 0.475 e. The van der Waals surface area contributed by atoms with E-state index in [0.29, 0.717) is 11.3 Å². The smallest absolute Gasteiger partial charge is 0.374 e. The van der Waals surface area contributed by atoms with E-state index in [2.05, 4.69) is 22.2 Å². The van der Waals surface area contributed by atoms with E-state index in [1.807, 2.05) is 24.3 Å². The summed E-state index contributed by atoms with van der Waals surface area (Å²) in [7, 11) is 0. The van der Waals surface area contributed by atoms with E-state index in [9.17, 15) is 4.79 Å². The first-order chi connectivity index (χ1) is 10.1. The summed E-state index contributed by atoms with van der Waals surface area (Å²) in [5.41, 5.74) is 0.930. The zero-order valence-electron chi connectivity index (χ0n) is 12.1. The van der Waals surface area contributed by atoms with E-state index in [4.69, 9.17) is 5.11 Å². The molecule has 0 aliphatic heterocycles. The highest BCUT2D eigenvalue weighted by Gasteiger charge is 2.28. The van der Waals surface area contributed by atoms with Crippen molar-refractivity contribution in [1.29, 1.82) is 0 Å². The van der Waals surface area contributed by atoms with Crippen LogP contribution in [0.5, 0.6) is 0 Å². The van der Waals surface area contributed by atoms with Gasteiger partial charge in [0.05, 0.1) is 5.52 Å². The summed E-state index contributed by atoms with van der Waals surface area (Å²) in [5, 5.41) is 13.4. The molecule has 5 heteroatoms. The molecule has 0 radical (unpaired) electrons. The highest BCUT2D eigenvalue weighted by molar-refractivity contribution is 5.93. The third-order valence-electron chi connectivity index (χ3n) is 4.29. The maximum absolute atomic E-state index is 11.2. The molecule has 21 heavy (non-hydrogen) atoms. The average Bonchev–Trinajstić information content (AvgIpc) is 2.91. The second-order valence-corrected chi connectivity index (χ2v) is 6.09. The fraction of sp³-hybridized carbons (Fsp3) is 0.438. The van der Waals surface area contributed by atoms with E-state index in [0.717, 1.165) is 11.9 Å². The predicted molar refractivity (Wildman–Crippen MR) is 81.6 cm³/mol. The number of anilines is 1. The second-order valence-electron chi connectivity index (χ2n) is 6.09.